The van der Waals surface area contributed by atoms with E-state index in [0.29, 0.717) is 38.4 Å². The minimum Gasteiger partial charge on any atom is -0.493 e. The van der Waals surface area contributed by atoms with Crippen LogP contribution in [0.3, 0.4) is 0 Å². The van der Waals surface area contributed by atoms with Crippen molar-refractivity contribution in [2.75, 3.05) is 32.6 Å². The van der Waals surface area contributed by atoms with Crippen LogP contribution in [0.4, 0.5) is 0 Å². The number of benzene rings is 2. The minimum absolute atomic E-state index is 0.0421. The smallest absolute Gasteiger partial charge is 0.306 e. The molecule has 2 aromatic rings. The molecule has 0 spiro atoms. The molecule has 8 heteroatoms. The highest BCUT2D eigenvalue weighted by Crippen LogP contribution is 2.36. The van der Waals surface area contributed by atoms with Gasteiger partial charge >= 0.3 is 5.97 Å². The van der Waals surface area contributed by atoms with Gasteiger partial charge in [-0.1, -0.05) is 37.6 Å². The van der Waals surface area contributed by atoms with Gasteiger partial charge in [-0.05, 0) is 96.2 Å². The van der Waals surface area contributed by atoms with E-state index in [9.17, 15) is 9.00 Å². The Kier molecular flexibility index (Phi) is 11.6. The highest BCUT2D eigenvalue weighted by molar-refractivity contribution is 7.79. The monoisotopic (exact) mass is 581 g/mol. The predicted molar refractivity (Wildman–Crippen MR) is 163 cm³/mol. The molecule has 1 saturated heterocycles. The fraction of sp³-hybridized carbons (Fsp3) is 0.485. The molecule has 1 aliphatic carbocycles. The maximum atomic E-state index is 11.7. The summed E-state index contributed by atoms with van der Waals surface area (Å²) in [5.74, 6) is 2.09. The van der Waals surface area contributed by atoms with Gasteiger partial charge in [-0.15, -0.1) is 0 Å². The number of carbonyl (C=O) groups is 1. The van der Waals surface area contributed by atoms with Crippen LogP contribution >= 0.6 is 0 Å². The Hall–Kier alpha value is -2.94. The van der Waals surface area contributed by atoms with E-state index in [1.807, 2.05) is 13.0 Å². The molecule has 0 amide bonds. The van der Waals surface area contributed by atoms with Crippen molar-refractivity contribution >= 4 is 17.0 Å². The second-order valence-electron chi connectivity index (χ2n) is 10.8. The number of esters is 1. The molecule has 7 nitrogen and oxygen atoms in total. The summed E-state index contributed by atoms with van der Waals surface area (Å²) in [6.07, 6.45) is 9.17. The second kappa shape index (κ2) is 15.3. The highest BCUT2D eigenvalue weighted by Gasteiger charge is 2.28. The fourth-order valence-electron chi connectivity index (χ4n) is 5.64. The lowest BCUT2D eigenvalue weighted by Gasteiger charge is -2.17. The first-order valence-corrected chi connectivity index (χ1v) is 15.9. The van der Waals surface area contributed by atoms with E-state index in [2.05, 4.69) is 54.7 Å². The van der Waals surface area contributed by atoms with Crippen molar-refractivity contribution < 1.29 is 27.8 Å². The summed E-state index contributed by atoms with van der Waals surface area (Å²) in [6, 6.07) is 13.2. The first-order chi connectivity index (χ1) is 19.9. The van der Waals surface area contributed by atoms with E-state index in [4.69, 9.17) is 18.8 Å². The summed E-state index contributed by atoms with van der Waals surface area (Å²) in [7, 11) is 1.42. The molecule has 222 valence electrons. The maximum absolute atomic E-state index is 11.7. The molecule has 1 heterocycles. The van der Waals surface area contributed by atoms with E-state index in [1.165, 1.54) is 34.9 Å². The number of allylic oxidation sites excluding steroid dienone is 2. The Bertz CT molecular complexity index is 1290. The van der Waals surface area contributed by atoms with Gasteiger partial charge in [-0.3, -0.25) is 4.79 Å². The summed E-state index contributed by atoms with van der Waals surface area (Å²) in [5, 5.41) is 3.52. The van der Waals surface area contributed by atoms with Crippen LogP contribution in [-0.2, 0) is 44.7 Å². The molecule has 41 heavy (non-hydrogen) atoms. The molecule has 2 aliphatic rings. The van der Waals surface area contributed by atoms with E-state index in [0.717, 1.165) is 49.3 Å². The molecule has 0 aromatic heterocycles. The molecule has 1 aliphatic heterocycles. The van der Waals surface area contributed by atoms with Crippen LogP contribution in [0.15, 0.2) is 59.9 Å². The zero-order chi connectivity index (χ0) is 29.2. The van der Waals surface area contributed by atoms with Gasteiger partial charge in [-0.2, -0.15) is 0 Å². The summed E-state index contributed by atoms with van der Waals surface area (Å²) in [5.41, 5.74) is 7.53. The zero-order valence-electron chi connectivity index (χ0n) is 24.4. The lowest BCUT2D eigenvalue weighted by atomic mass is 9.94. The Labute approximate surface area is 246 Å². The number of methoxy groups -OCH3 is 1. The van der Waals surface area contributed by atoms with Gasteiger partial charge in [-0.25, -0.2) is 4.21 Å². The van der Waals surface area contributed by atoms with Crippen LogP contribution in [0.2, 0.25) is 0 Å². The molecule has 2 aromatic carbocycles. The summed E-state index contributed by atoms with van der Waals surface area (Å²) >= 11 is -1.76. The average Bonchev–Trinajstić information content (AvgIpc) is 3.26. The molecular weight excluding hydrogens is 538 g/mol. The Balaban J connectivity index is 1.38. The van der Waals surface area contributed by atoms with Gasteiger partial charge in [0.15, 0.2) is 11.1 Å². The molecule has 3 atom stereocenters. The number of carbonyl (C=O) groups excluding carboxylic acids is 1. The average molecular weight is 582 g/mol. The van der Waals surface area contributed by atoms with Gasteiger partial charge in [0, 0.05) is 24.8 Å². The predicted octanol–water partition coefficient (Wildman–Crippen LogP) is 5.99. The van der Waals surface area contributed by atoms with Crippen LogP contribution in [0.1, 0.15) is 56.2 Å². The molecule has 0 saturated carbocycles. The van der Waals surface area contributed by atoms with Crippen molar-refractivity contribution in [2.24, 2.45) is 11.8 Å². The first-order valence-electron chi connectivity index (χ1n) is 14.6. The van der Waals surface area contributed by atoms with Crippen LogP contribution in [0, 0.1) is 11.8 Å². The largest absolute Gasteiger partial charge is 0.493 e. The van der Waals surface area contributed by atoms with Gasteiger partial charge in [0.1, 0.15) is 11.5 Å². The van der Waals surface area contributed by atoms with E-state index >= 15 is 0 Å². The second-order valence-corrected chi connectivity index (χ2v) is 11.8. The van der Waals surface area contributed by atoms with Crippen molar-refractivity contribution in [1.82, 2.24) is 5.32 Å². The standard InChI is InChI=1S/C33H43NO6S/c1-4-23(14-16-41(36)37)21-39-28-11-12-30-26(18-28)8-6-7-25-10-9-24(17-31(25)30)20-34-15-13-32-29(5-2)27(22-40-32)19-33(35)38-3/h5,9-13,17-18,23,27,34H,4,6-8,14-16,19-22H2,1-3H3,(H,36,37). The molecule has 1 fully saturated rings. The van der Waals surface area contributed by atoms with Crippen LogP contribution in [0.25, 0.3) is 11.1 Å². The normalized spacial score (nSPS) is 19.7. The SMILES string of the molecule is CC=C1C(=CCNCc2ccc3c(c2)-c2ccc(OCC(CC)CCS(=O)O)cc2CCC3)OCC1CC(=O)OC. The van der Waals surface area contributed by atoms with Crippen LogP contribution in [-0.4, -0.2) is 47.4 Å². The number of rotatable bonds is 13. The van der Waals surface area contributed by atoms with Gasteiger partial charge in [0.2, 0.25) is 0 Å². The Morgan fingerprint density at radius 1 is 1.20 bits per heavy atom. The van der Waals surface area contributed by atoms with E-state index in [1.54, 1.807) is 0 Å². The van der Waals surface area contributed by atoms with Crippen LogP contribution < -0.4 is 10.1 Å². The zero-order valence-corrected chi connectivity index (χ0v) is 25.3. The number of ether oxygens (including phenoxy) is 3. The maximum Gasteiger partial charge on any atom is 0.306 e. The van der Waals surface area contributed by atoms with Crippen LogP contribution in [0.5, 0.6) is 5.75 Å². The third-order valence-electron chi connectivity index (χ3n) is 8.07. The van der Waals surface area contributed by atoms with Gasteiger partial charge < -0.3 is 24.1 Å². The highest BCUT2D eigenvalue weighted by atomic mass is 32.2. The topological polar surface area (TPSA) is 94.1 Å². The Morgan fingerprint density at radius 2 is 2.02 bits per heavy atom. The Morgan fingerprint density at radius 3 is 2.78 bits per heavy atom. The van der Waals surface area contributed by atoms with E-state index in [-0.39, 0.29) is 17.8 Å². The molecule has 2 N–H and O–H groups in total. The molecule has 0 radical (unpaired) electrons. The lowest BCUT2D eigenvalue weighted by molar-refractivity contribution is -0.141. The van der Waals surface area contributed by atoms with Gasteiger partial charge in [0.25, 0.3) is 0 Å². The molecule has 0 bridgehead atoms. The van der Waals surface area contributed by atoms with Crippen molar-refractivity contribution in [3.63, 3.8) is 0 Å². The van der Waals surface area contributed by atoms with Crippen molar-refractivity contribution in [3.8, 4) is 16.9 Å². The van der Waals surface area contributed by atoms with Crippen molar-refractivity contribution in [2.45, 2.75) is 58.9 Å². The minimum atomic E-state index is -1.76. The third-order valence-corrected chi connectivity index (χ3v) is 8.66. The first kappa shape index (κ1) is 31.0. The van der Waals surface area contributed by atoms with E-state index < -0.39 is 11.1 Å². The van der Waals surface area contributed by atoms with Crippen molar-refractivity contribution in [1.29, 1.82) is 0 Å². The van der Waals surface area contributed by atoms with Gasteiger partial charge in [0.05, 0.1) is 26.7 Å². The number of nitrogens with one attached hydrogen (secondary N) is 1. The number of hydrogen-bond donors (Lipinski definition) is 2. The number of aryl methyl sites for hydroxylation is 2. The summed E-state index contributed by atoms with van der Waals surface area (Å²) in [4.78, 5) is 11.7. The molecular formula is C33H43NO6S. The summed E-state index contributed by atoms with van der Waals surface area (Å²) in [6.45, 7) is 6.53. The molecule has 4 rings (SSSR count). The quantitative estimate of drug-likeness (QED) is 0.171. The lowest BCUT2D eigenvalue weighted by Crippen LogP contribution is -2.14. The third kappa shape index (κ3) is 8.53. The van der Waals surface area contributed by atoms with Crippen molar-refractivity contribution in [3.05, 3.63) is 76.6 Å². The summed E-state index contributed by atoms with van der Waals surface area (Å²) < 4.78 is 37.0. The molecule has 3 unspecified atom stereocenters. The number of hydrogen-bond acceptors (Lipinski definition) is 6. The number of fused-ring (bicyclic) bond motifs is 3. The fourth-order valence-corrected chi connectivity index (χ4v) is 6.18.